The van der Waals surface area contributed by atoms with Gasteiger partial charge in [0.15, 0.2) is 0 Å². The van der Waals surface area contributed by atoms with Crippen LogP contribution in [-0.2, 0) is 6.61 Å². The van der Waals surface area contributed by atoms with Crippen LogP contribution in [0.3, 0.4) is 0 Å². The Kier molecular flexibility index (Phi) is 2.69. The number of ether oxygens (including phenoxy) is 1. The van der Waals surface area contributed by atoms with Gasteiger partial charge in [0.1, 0.15) is 18.2 Å². The van der Waals surface area contributed by atoms with Crippen molar-refractivity contribution in [1.29, 1.82) is 0 Å². The molecule has 0 amide bonds. The summed E-state index contributed by atoms with van der Waals surface area (Å²) >= 11 is 0. The van der Waals surface area contributed by atoms with Gasteiger partial charge in [-0.1, -0.05) is 12.1 Å². The monoisotopic (exact) mass is 204 g/mol. The van der Waals surface area contributed by atoms with Gasteiger partial charge in [-0.15, -0.1) is 0 Å². The topological polar surface area (TPSA) is 47.3 Å². The standard InChI is InChI=1S/C11H12N2O2/c1-15-10-5-3-2-4-9(10)13-7-6-12-11(13)8-14/h2-7,14H,8H2,1H3. The molecule has 0 aliphatic carbocycles. The molecule has 0 aliphatic rings. The summed E-state index contributed by atoms with van der Waals surface area (Å²) in [5.41, 5.74) is 0.876. The maximum absolute atomic E-state index is 9.11. The van der Waals surface area contributed by atoms with Gasteiger partial charge in [0, 0.05) is 12.4 Å². The molecule has 2 rings (SSSR count). The summed E-state index contributed by atoms with van der Waals surface area (Å²) in [5, 5.41) is 9.11. The largest absolute Gasteiger partial charge is 0.495 e. The summed E-state index contributed by atoms with van der Waals surface area (Å²) in [6, 6.07) is 7.60. The predicted octanol–water partition coefficient (Wildman–Crippen LogP) is 1.37. The fourth-order valence-corrected chi connectivity index (χ4v) is 1.50. The molecule has 1 aromatic heterocycles. The second-order valence-electron chi connectivity index (χ2n) is 3.04. The Hall–Kier alpha value is -1.81. The first kappa shape index (κ1) is 9.73. The van der Waals surface area contributed by atoms with Gasteiger partial charge in [0.05, 0.1) is 12.8 Å². The highest BCUT2D eigenvalue weighted by Crippen LogP contribution is 2.22. The SMILES string of the molecule is COc1ccccc1-n1ccnc1CO. The first-order chi connectivity index (χ1) is 7.36. The molecule has 2 aromatic rings. The van der Waals surface area contributed by atoms with Gasteiger partial charge >= 0.3 is 0 Å². The van der Waals surface area contributed by atoms with E-state index >= 15 is 0 Å². The molecule has 0 saturated heterocycles. The van der Waals surface area contributed by atoms with Crippen molar-refractivity contribution in [3.63, 3.8) is 0 Å². The molecule has 1 aromatic carbocycles. The number of aliphatic hydroxyl groups excluding tert-OH is 1. The van der Waals surface area contributed by atoms with Crippen molar-refractivity contribution in [2.24, 2.45) is 0 Å². The van der Waals surface area contributed by atoms with Crippen molar-refractivity contribution in [3.8, 4) is 11.4 Å². The second kappa shape index (κ2) is 4.14. The lowest BCUT2D eigenvalue weighted by atomic mass is 10.3. The number of imidazole rings is 1. The molecule has 1 N–H and O–H groups in total. The Morgan fingerprint density at radius 1 is 1.40 bits per heavy atom. The smallest absolute Gasteiger partial charge is 0.142 e. The molecule has 78 valence electrons. The number of nitrogens with zero attached hydrogens (tertiary/aromatic N) is 2. The minimum absolute atomic E-state index is 0.0922. The van der Waals surface area contributed by atoms with Gasteiger partial charge in [-0.05, 0) is 12.1 Å². The number of hydrogen-bond acceptors (Lipinski definition) is 3. The van der Waals surface area contributed by atoms with Crippen LogP contribution >= 0.6 is 0 Å². The molecule has 15 heavy (non-hydrogen) atoms. The van der Waals surface area contributed by atoms with Crippen molar-refractivity contribution in [3.05, 3.63) is 42.5 Å². The van der Waals surface area contributed by atoms with Crippen molar-refractivity contribution in [2.75, 3.05) is 7.11 Å². The highest BCUT2D eigenvalue weighted by atomic mass is 16.5. The normalized spacial score (nSPS) is 10.3. The van der Waals surface area contributed by atoms with Crippen molar-refractivity contribution < 1.29 is 9.84 Å². The Balaban J connectivity index is 2.53. The average Bonchev–Trinajstić information content (AvgIpc) is 2.76. The van der Waals surface area contributed by atoms with Crippen LogP contribution in [0, 0.1) is 0 Å². The van der Waals surface area contributed by atoms with Gasteiger partial charge < -0.3 is 9.84 Å². The highest BCUT2D eigenvalue weighted by molar-refractivity contribution is 5.47. The van der Waals surface area contributed by atoms with E-state index in [4.69, 9.17) is 9.84 Å². The van der Waals surface area contributed by atoms with E-state index in [9.17, 15) is 0 Å². The molecule has 1 heterocycles. The molecule has 0 atom stereocenters. The molecule has 0 radical (unpaired) electrons. The number of hydrogen-bond donors (Lipinski definition) is 1. The summed E-state index contributed by atoms with van der Waals surface area (Å²) in [4.78, 5) is 4.04. The fourth-order valence-electron chi connectivity index (χ4n) is 1.50. The van der Waals surface area contributed by atoms with E-state index < -0.39 is 0 Å². The summed E-state index contributed by atoms with van der Waals surface area (Å²) in [6.45, 7) is -0.0922. The lowest BCUT2D eigenvalue weighted by Gasteiger charge is -2.10. The third kappa shape index (κ3) is 1.71. The number of aliphatic hydroxyl groups is 1. The van der Waals surface area contributed by atoms with E-state index in [0.717, 1.165) is 11.4 Å². The Labute approximate surface area is 87.8 Å². The molecular weight excluding hydrogens is 192 g/mol. The summed E-state index contributed by atoms with van der Waals surface area (Å²) in [5.74, 6) is 1.35. The zero-order valence-electron chi connectivity index (χ0n) is 8.42. The number of methoxy groups -OCH3 is 1. The summed E-state index contributed by atoms with van der Waals surface area (Å²) < 4.78 is 7.04. The molecule has 0 spiro atoms. The van der Waals surface area contributed by atoms with Crippen LogP contribution in [-0.4, -0.2) is 21.8 Å². The van der Waals surface area contributed by atoms with Gasteiger partial charge in [-0.25, -0.2) is 4.98 Å². The maximum Gasteiger partial charge on any atom is 0.142 e. The van der Waals surface area contributed by atoms with Crippen LogP contribution in [0.15, 0.2) is 36.7 Å². The maximum atomic E-state index is 9.11. The highest BCUT2D eigenvalue weighted by Gasteiger charge is 2.07. The number of aromatic nitrogens is 2. The van der Waals surface area contributed by atoms with Gasteiger partial charge in [-0.3, -0.25) is 4.57 Å². The van der Waals surface area contributed by atoms with Crippen LogP contribution in [0.1, 0.15) is 5.82 Å². The zero-order chi connectivity index (χ0) is 10.7. The number of para-hydroxylation sites is 2. The van der Waals surface area contributed by atoms with Gasteiger partial charge in [-0.2, -0.15) is 0 Å². The quantitative estimate of drug-likeness (QED) is 0.821. The summed E-state index contributed by atoms with van der Waals surface area (Å²) in [6.07, 6.45) is 3.45. The first-order valence-electron chi connectivity index (χ1n) is 4.63. The Morgan fingerprint density at radius 3 is 2.93 bits per heavy atom. The minimum atomic E-state index is -0.0922. The predicted molar refractivity (Wildman–Crippen MR) is 56.0 cm³/mol. The van der Waals surface area contributed by atoms with E-state index in [1.54, 1.807) is 24.1 Å². The van der Waals surface area contributed by atoms with E-state index in [0.29, 0.717) is 5.82 Å². The van der Waals surface area contributed by atoms with Crippen LogP contribution in [0.4, 0.5) is 0 Å². The lowest BCUT2D eigenvalue weighted by Crippen LogP contribution is -2.02. The van der Waals surface area contributed by atoms with Gasteiger partial charge in [0.25, 0.3) is 0 Å². The third-order valence-electron chi connectivity index (χ3n) is 2.20. The number of benzene rings is 1. The molecule has 0 aliphatic heterocycles. The Morgan fingerprint density at radius 2 is 2.20 bits per heavy atom. The molecular formula is C11H12N2O2. The van der Waals surface area contributed by atoms with Gasteiger partial charge in [0.2, 0.25) is 0 Å². The van der Waals surface area contributed by atoms with Crippen LogP contribution in [0.25, 0.3) is 5.69 Å². The molecule has 4 heteroatoms. The molecule has 0 fully saturated rings. The van der Waals surface area contributed by atoms with Crippen molar-refractivity contribution in [2.45, 2.75) is 6.61 Å². The van der Waals surface area contributed by atoms with E-state index in [2.05, 4.69) is 4.98 Å². The van der Waals surface area contributed by atoms with Crippen molar-refractivity contribution >= 4 is 0 Å². The van der Waals surface area contributed by atoms with Crippen LogP contribution < -0.4 is 4.74 Å². The second-order valence-corrected chi connectivity index (χ2v) is 3.04. The van der Waals surface area contributed by atoms with E-state index in [-0.39, 0.29) is 6.61 Å². The van der Waals surface area contributed by atoms with Crippen LogP contribution in [0.5, 0.6) is 5.75 Å². The average molecular weight is 204 g/mol. The fraction of sp³-hybridized carbons (Fsp3) is 0.182. The zero-order valence-corrected chi connectivity index (χ0v) is 8.42. The lowest BCUT2D eigenvalue weighted by molar-refractivity contribution is 0.269. The first-order valence-corrected chi connectivity index (χ1v) is 4.63. The van der Waals surface area contributed by atoms with E-state index in [1.807, 2.05) is 24.3 Å². The molecule has 0 bridgehead atoms. The minimum Gasteiger partial charge on any atom is -0.495 e. The summed E-state index contributed by atoms with van der Waals surface area (Å²) in [7, 11) is 1.62. The van der Waals surface area contributed by atoms with Crippen LogP contribution in [0.2, 0.25) is 0 Å². The molecule has 0 unspecified atom stereocenters. The molecule has 0 saturated carbocycles. The molecule has 4 nitrogen and oxygen atoms in total. The number of rotatable bonds is 3. The third-order valence-corrected chi connectivity index (χ3v) is 2.20. The van der Waals surface area contributed by atoms with E-state index in [1.165, 1.54) is 0 Å². The van der Waals surface area contributed by atoms with Crippen molar-refractivity contribution in [1.82, 2.24) is 9.55 Å². The Bertz CT molecular complexity index is 451.